The second-order valence-electron chi connectivity index (χ2n) is 5.79. The van der Waals surface area contributed by atoms with Gasteiger partial charge in [0.25, 0.3) is 0 Å². The molecule has 1 aliphatic rings. The number of nitrogens with zero attached hydrogens (tertiary/aromatic N) is 2. The largest absolute Gasteiger partial charge is 0.314 e. The molecule has 2 heterocycles. The molecular weight excluding hydrogens is 254 g/mol. The van der Waals surface area contributed by atoms with Gasteiger partial charge in [0.1, 0.15) is 0 Å². The van der Waals surface area contributed by atoms with E-state index in [1.54, 1.807) is 11.3 Å². The van der Waals surface area contributed by atoms with Crippen molar-refractivity contribution in [2.24, 2.45) is 0 Å². The van der Waals surface area contributed by atoms with Crippen molar-refractivity contribution in [1.82, 2.24) is 15.2 Å². The average molecular weight is 281 g/mol. The second kappa shape index (κ2) is 7.36. The van der Waals surface area contributed by atoms with Gasteiger partial charge >= 0.3 is 0 Å². The lowest BCUT2D eigenvalue weighted by molar-refractivity contribution is 0.130. The molecule has 3 unspecified atom stereocenters. The van der Waals surface area contributed by atoms with Gasteiger partial charge in [-0.1, -0.05) is 13.8 Å². The van der Waals surface area contributed by atoms with Crippen molar-refractivity contribution in [2.75, 3.05) is 19.6 Å². The predicted molar refractivity (Wildman–Crippen MR) is 82.9 cm³/mol. The van der Waals surface area contributed by atoms with Gasteiger partial charge in [0.05, 0.1) is 5.01 Å². The summed E-state index contributed by atoms with van der Waals surface area (Å²) in [7, 11) is 0. The van der Waals surface area contributed by atoms with Crippen molar-refractivity contribution in [3.8, 4) is 0 Å². The molecule has 19 heavy (non-hydrogen) atoms. The third-order valence-electron chi connectivity index (χ3n) is 4.08. The normalized spacial score (nSPS) is 26.5. The molecule has 1 aromatic heterocycles. The van der Waals surface area contributed by atoms with Crippen LogP contribution in [0.3, 0.4) is 0 Å². The Morgan fingerprint density at radius 2 is 2.42 bits per heavy atom. The van der Waals surface area contributed by atoms with E-state index >= 15 is 0 Å². The van der Waals surface area contributed by atoms with Gasteiger partial charge in [-0.2, -0.15) is 0 Å². The summed E-state index contributed by atoms with van der Waals surface area (Å²) in [6, 6.07) is 1.41. The van der Waals surface area contributed by atoms with E-state index in [9.17, 15) is 0 Å². The molecule has 3 nitrogen and oxygen atoms in total. The van der Waals surface area contributed by atoms with Crippen molar-refractivity contribution in [3.63, 3.8) is 0 Å². The van der Waals surface area contributed by atoms with Crippen LogP contribution in [0.1, 0.15) is 51.0 Å². The number of nitrogens with one attached hydrogen (secondary N) is 1. The third-order valence-corrected chi connectivity index (χ3v) is 5.09. The van der Waals surface area contributed by atoms with Crippen LogP contribution in [0.2, 0.25) is 0 Å². The highest BCUT2D eigenvalue weighted by Crippen LogP contribution is 2.23. The van der Waals surface area contributed by atoms with Crippen LogP contribution >= 0.6 is 11.3 Å². The zero-order valence-corrected chi connectivity index (χ0v) is 13.2. The smallest absolute Gasteiger partial charge is 0.0965 e. The molecule has 0 amide bonds. The van der Waals surface area contributed by atoms with E-state index in [1.165, 1.54) is 30.8 Å². The Labute approximate surface area is 121 Å². The van der Waals surface area contributed by atoms with Crippen molar-refractivity contribution in [1.29, 1.82) is 0 Å². The Balaban J connectivity index is 1.79. The van der Waals surface area contributed by atoms with E-state index in [0.29, 0.717) is 12.0 Å². The minimum absolute atomic E-state index is 0.558. The molecule has 4 heteroatoms. The number of likely N-dealkylation sites (tertiary alicyclic amines) is 1. The number of piperidine rings is 1. The van der Waals surface area contributed by atoms with Crippen LogP contribution in [0.25, 0.3) is 0 Å². The first kappa shape index (κ1) is 14.9. The highest BCUT2D eigenvalue weighted by Gasteiger charge is 2.26. The summed E-state index contributed by atoms with van der Waals surface area (Å²) < 4.78 is 0. The minimum Gasteiger partial charge on any atom is -0.314 e. The molecule has 0 bridgehead atoms. The summed E-state index contributed by atoms with van der Waals surface area (Å²) in [4.78, 5) is 7.08. The van der Waals surface area contributed by atoms with Crippen LogP contribution in [-0.2, 0) is 0 Å². The van der Waals surface area contributed by atoms with E-state index in [0.717, 1.165) is 19.1 Å². The second-order valence-corrected chi connectivity index (χ2v) is 6.72. The Morgan fingerprint density at radius 1 is 1.58 bits per heavy atom. The van der Waals surface area contributed by atoms with E-state index < -0.39 is 0 Å². The highest BCUT2D eigenvalue weighted by molar-refractivity contribution is 7.09. The van der Waals surface area contributed by atoms with Gasteiger partial charge in [-0.15, -0.1) is 11.3 Å². The maximum Gasteiger partial charge on any atom is 0.0965 e. The molecule has 0 saturated carbocycles. The monoisotopic (exact) mass is 281 g/mol. The van der Waals surface area contributed by atoms with E-state index in [1.807, 2.05) is 6.20 Å². The molecule has 0 radical (unpaired) electrons. The van der Waals surface area contributed by atoms with E-state index in [2.05, 4.69) is 41.4 Å². The van der Waals surface area contributed by atoms with Crippen molar-refractivity contribution in [3.05, 3.63) is 16.6 Å². The molecule has 3 atom stereocenters. The first-order valence-corrected chi connectivity index (χ1v) is 8.45. The lowest BCUT2D eigenvalue weighted by Gasteiger charge is -2.39. The zero-order valence-electron chi connectivity index (χ0n) is 12.4. The van der Waals surface area contributed by atoms with Gasteiger partial charge in [0.2, 0.25) is 0 Å². The first-order chi connectivity index (χ1) is 9.20. The maximum atomic E-state index is 4.44. The number of thiazole rings is 1. The number of aromatic nitrogens is 1. The van der Waals surface area contributed by atoms with Crippen LogP contribution in [0, 0.1) is 0 Å². The topological polar surface area (TPSA) is 28.2 Å². The lowest BCUT2D eigenvalue weighted by Crippen LogP contribution is -2.48. The molecule has 1 aromatic rings. The van der Waals surface area contributed by atoms with Crippen LogP contribution in [0.15, 0.2) is 11.6 Å². The summed E-state index contributed by atoms with van der Waals surface area (Å²) in [5, 5.41) is 7.02. The molecule has 108 valence electrons. The van der Waals surface area contributed by atoms with Gasteiger partial charge < -0.3 is 5.32 Å². The Hall–Kier alpha value is -0.450. The molecule has 1 N–H and O–H groups in total. The third kappa shape index (κ3) is 4.26. The summed E-state index contributed by atoms with van der Waals surface area (Å²) >= 11 is 1.78. The summed E-state index contributed by atoms with van der Waals surface area (Å²) in [6.45, 7) is 10.4. The van der Waals surface area contributed by atoms with E-state index in [-0.39, 0.29) is 0 Å². The summed E-state index contributed by atoms with van der Waals surface area (Å²) in [5.74, 6) is 0.558. The summed E-state index contributed by atoms with van der Waals surface area (Å²) in [5.41, 5.74) is 0. The molecule has 1 fully saturated rings. The zero-order chi connectivity index (χ0) is 13.7. The average Bonchev–Trinajstić information content (AvgIpc) is 2.93. The maximum absolute atomic E-state index is 4.44. The van der Waals surface area contributed by atoms with Gasteiger partial charge in [0.15, 0.2) is 0 Å². The van der Waals surface area contributed by atoms with Crippen LogP contribution in [0.4, 0.5) is 0 Å². The van der Waals surface area contributed by atoms with Crippen molar-refractivity contribution >= 4 is 11.3 Å². The highest BCUT2D eigenvalue weighted by atomic mass is 32.1. The van der Waals surface area contributed by atoms with E-state index in [4.69, 9.17) is 0 Å². The number of hydrogen-bond acceptors (Lipinski definition) is 4. The lowest BCUT2D eigenvalue weighted by atomic mass is 9.97. The fraction of sp³-hybridized carbons (Fsp3) is 0.800. The van der Waals surface area contributed by atoms with Gasteiger partial charge in [-0.05, 0) is 39.3 Å². The van der Waals surface area contributed by atoms with Crippen molar-refractivity contribution in [2.45, 2.75) is 58.0 Å². The number of rotatable bonds is 6. The Kier molecular flexibility index (Phi) is 5.79. The molecule has 2 rings (SSSR count). The molecule has 0 aliphatic carbocycles. The SMILES string of the molecule is CCCNC1CCN(CC(C)c2nccs2)C(C)C1. The van der Waals surface area contributed by atoms with Crippen LogP contribution in [0.5, 0.6) is 0 Å². The van der Waals surface area contributed by atoms with Gasteiger partial charge in [0, 0.05) is 36.1 Å². The Bertz CT molecular complexity index is 352. The molecule has 0 aromatic carbocycles. The van der Waals surface area contributed by atoms with Crippen LogP contribution in [-0.4, -0.2) is 41.6 Å². The van der Waals surface area contributed by atoms with Crippen molar-refractivity contribution < 1.29 is 0 Å². The molecular formula is C15H27N3S. The fourth-order valence-electron chi connectivity index (χ4n) is 2.93. The predicted octanol–water partition coefficient (Wildman–Crippen LogP) is 3.10. The minimum atomic E-state index is 0.558. The standard InChI is InChI=1S/C15H27N3S/c1-4-6-16-14-5-8-18(13(3)10-14)11-12(2)15-17-7-9-19-15/h7,9,12-14,16H,4-6,8,10-11H2,1-3H3. The van der Waals surface area contributed by atoms with Gasteiger partial charge in [-0.3, -0.25) is 4.90 Å². The Morgan fingerprint density at radius 3 is 3.05 bits per heavy atom. The molecule has 1 aliphatic heterocycles. The summed E-state index contributed by atoms with van der Waals surface area (Å²) in [6.07, 6.45) is 5.72. The van der Waals surface area contributed by atoms with Crippen LogP contribution < -0.4 is 5.32 Å². The number of hydrogen-bond donors (Lipinski definition) is 1. The first-order valence-electron chi connectivity index (χ1n) is 7.57. The quantitative estimate of drug-likeness (QED) is 0.868. The molecule has 1 saturated heterocycles. The fourth-order valence-corrected chi connectivity index (χ4v) is 3.62. The molecule has 0 spiro atoms. The van der Waals surface area contributed by atoms with Gasteiger partial charge in [-0.25, -0.2) is 4.98 Å².